The highest BCUT2D eigenvalue weighted by Crippen LogP contribution is 2.16. The Labute approximate surface area is 78.1 Å². The summed E-state index contributed by atoms with van der Waals surface area (Å²) in [6.07, 6.45) is 2.84. The molecule has 0 aromatic heterocycles. The molecule has 1 fully saturated rings. The Balaban J connectivity index is 0.000000561. The second-order valence-electron chi connectivity index (χ2n) is 3.84. The fraction of sp³-hybridized carbons (Fsp3) is 1.00. The normalized spacial score (nSPS) is 25.0. The summed E-state index contributed by atoms with van der Waals surface area (Å²) in [6.45, 7) is 13.6. The van der Waals surface area contributed by atoms with E-state index in [0.717, 1.165) is 12.0 Å². The summed E-state index contributed by atoms with van der Waals surface area (Å²) in [6, 6.07) is 0.753. The number of rotatable bonds is 1. The fourth-order valence-electron chi connectivity index (χ4n) is 1.69. The summed E-state index contributed by atoms with van der Waals surface area (Å²) in [7, 11) is 0. The standard InChI is InChI=1S/C9H19N.C2H6/c1-8(2)10-6-4-5-9(3)7-10;1-2/h8-9H,4-7H2,1-3H3;1-2H3/t9-;/m1./s1. The van der Waals surface area contributed by atoms with Crippen LogP contribution in [-0.2, 0) is 0 Å². The molecule has 74 valence electrons. The van der Waals surface area contributed by atoms with E-state index in [-0.39, 0.29) is 0 Å². The van der Waals surface area contributed by atoms with Crippen LogP contribution in [0.15, 0.2) is 0 Å². The zero-order chi connectivity index (χ0) is 9.56. The highest BCUT2D eigenvalue weighted by atomic mass is 15.1. The fourth-order valence-corrected chi connectivity index (χ4v) is 1.69. The van der Waals surface area contributed by atoms with Gasteiger partial charge in [0, 0.05) is 12.6 Å². The van der Waals surface area contributed by atoms with Crippen molar-refractivity contribution < 1.29 is 0 Å². The number of nitrogens with zero attached hydrogens (tertiary/aromatic N) is 1. The first-order chi connectivity index (χ1) is 5.70. The largest absolute Gasteiger partial charge is 0.301 e. The van der Waals surface area contributed by atoms with E-state index in [1.54, 1.807) is 0 Å². The van der Waals surface area contributed by atoms with E-state index in [0.29, 0.717) is 0 Å². The SMILES string of the molecule is CC.CC(C)N1CCC[C@@H](C)C1. The lowest BCUT2D eigenvalue weighted by Crippen LogP contribution is -2.38. The van der Waals surface area contributed by atoms with Crippen molar-refractivity contribution in [1.82, 2.24) is 4.90 Å². The Bertz CT molecular complexity index is 99.2. The minimum atomic E-state index is 0.753. The molecular formula is C11H25N. The average Bonchev–Trinajstić information content (AvgIpc) is 2.08. The van der Waals surface area contributed by atoms with E-state index in [1.807, 2.05) is 13.8 Å². The summed E-state index contributed by atoms with van der Waals surface area (Å²) in [5, 5.41) is 0. The van der Waals surface area contributed by atoms with Crippen molar-refractivity contribution in [2.24, 2.45) is 5.92 Å². The Morgan fingerprint density at radius 1 is 1.25 bits per heavy atom. The molecule has 1 rings (SSSR count). The highest BCUT2D eigenvalue weighted by Gasteiger charge is 2.17. The van der Waals surface area contributed by atoms with E-state index in [9.17, 15) is 0 Å². The smallest absolute Gasteiger partial charge is 0.00387 e. The van der Waals surface area contributed by atoms with Gasteiger partial charge in [-0.3, -0.25) is 0 Å². The quantitative estimate of drug-likeness (QED) is 0.586. The van der Waals surface area contributed by atoms with Gasteiger partial charge in [-0.05, 0) is 39.2 Å². The molecule has 1 heterocycles. The Kier molecular flexibility index (Phi) is 6.45. The molecule has 12 heavy (non-hydrogen) atoms. The van der Waals surface area contributed by atoms with Crippen molar-refractivity contribution in [3.8, 4) is 0 Å². The van der Waals surface area contributed by atoms with Crippen LogP contribution in [0, 0.1) is 5.92 Å². The lowest BCUT2D eigenvalue weighted by atomic mass is 9.99. The number of likely N-dealkylation sites (tertiary alicyclic amines) is 1. The van der Waals surface area contributed by atoms with Crippen LogP contribution in [0.5, 0.6) is 0 Å². The van der Waals surface area contributed by atoms with Crippen LogP contribution in [0.3, 0.4) is 0 Å². The van der Waals surface area contributed by atoms with Gasteiger partial charge < -0.3 is 4.90 Å². The van der Waals surface area contributed by atoms with Crippen molar-refractivity contribution in [3.63, 3.8) is 0 Å². The van der Waals surface area contributed by atoms with Crippen LogP contribution in [0.1, 0.15) is 47.5 Å². The predicted octanol–water partition coefficient (Wildman–Crippen LogP) is 3.15. The van der Waals surface area contributed by atoms with Gasteiger partial charge >= 0.3 is 0 Å². The van der Waals surface area contributed by atoms with Crippen molar-refractivity contribution in [3.05, 3.63) is 0 Å². The Hall–Kier alpha value is -0.0400. The monoisotopic (exact) mass is 171 g/mol. The van der Waals surface area contributed by atoms with E-state index in [2.05, 4.69) is 25.7 Å². The lowest BCUT2D eigenvalue weighted by Gasteiger charge is -2.33. The van der Waals surface area contributed by atoms with Crippen LogP contribution in [-0.4, -0.2) is 24.0 Å². The lowest BCUT2D eigenvalue weighted by molar-refractivity contribution is 0.147. The minimum absolute atomic E-state index is 0.753. The van der Waals surface area contributed by atoms with Gasteiger partial charge in [0.05, 0.1) is 0 Å². The number of piperidine rings is 1. The first-order valence-corrected chi connectivity index (χ1v) is 5.44. The zero-order valence-corrected chi connectivity index (χ0v) is 9.43. The molecule has 1 saturated heterocycles. The maximum atomic E-state index is 2.58. The Morgan fingerprint density at radius 2 is 1.83 bits per heavy atom. The first-order valence-electron chi connectivity index (χ1n) is 5.44. The van der Waals surface area contributed by atoms with Gasteiger partial charge in [0.15, 0.2) is 0 Å². The van der Waals surface area contributed by atoms with E-state index in [1.165, 1.54) is 25.9 Å². The van der Waals surface area contributed by atoms with Crippen LogP contribution in [0.25, 0.3) is 0 Å². The molecule has 0 aliphatic carbocycles. The van der Waals surface area contributed by atoms with Gasteiger partial charge in [-0.15, -0.1) is 0 Å². The molecule has 0 radical (unpaired) electrons. The summed E-state index contributed by atoms with van der Waals surface area (Å²) in [4.78, 5) is 2.58. The van der Waals surface area contributed by atoms with Gasteiger partial charge in [-0.2, -0.15) is 0 Å². The third-order valence-corrected chi connectivity index (χ3v) is 2.42. The van der Waals surface area contributed by atoms with E-state index < -0.39 is 0 Å². The highest BCUT2D eigenvalue weighted by molar-refractivity contribution is 4.71. The molecule has 0 bridgehead atoms. The maximum Gasteiger partial charge on any atom is 0.00387 e. The molecular weight excluding hydrogens is 146 g/mol. The van der Waals surface area contributed by atoms with Gasteiger partial charge in [0.1, 0.15) is 0 Å². The molecule has 0 aromatic carbocycles. The third-order valence-electron chi connectivity index (χ3n) is 2.42. The molecule has 0 unspecified atom stereocenters. The second-order valence-corrected chi connectivity index (χ2v) is 3.84. The molecule has 1 atom stereocenters. The Morgan fingerprint density at radius 3 is 2.17 bits per heavy atom. The van der Waals surface area contributed by atoms with Crippen molar-refractivity contribution in [1.29, 1.82) is 0 Å². The second kappa shape index (κ2) is 6.47. The molecule has 0 N–H and O–H groups in total. The van der Waals surface area contributed by atoms with E-state index >= 15 is 0 Å². The summed E-state index contributed by atoms with van der Waals surface area (Å²) >= 11 is 0. The summed E-state index contributed by atoms with van der Waals surface area (Å²) < 4.78 is 0. The number of hydrogen-bond donors (Lipinski definition) is 0. The molecule has 1 nitrogen and oxygen atoms in total. The maximum absolute atomic E-state index is 2.58. The van der Waals surface area contributed by atoms with Gasteiger partial charge in [-0.25, -0.2) is 0 Å². The summed E-state index contributed by atoms with van der Waals surface area (Å²) in [5.74, 6) is 0.927. The number of hydrogen-bond acceptors (Lipinski definition) is 1. The van der Waals surface area contributed by atoms with Crippen molar-refractivity contribution in [2.75, 3.05) is 13.1 Å². The summed E-state index contributed by atoms with van der Waals surface area (Å²) in [5.41, 5.74) is 0. The van der Waals surface area contributed by atoms with Gasteiger partial charge in [-0.1, -0.05) is 20.8 Å². The van der Waals surface area contributed by atoms with Crippen LogP contribution >= 0.6 is 0 Å². The minimum Gasteiger partial charge on any atom is -0.301 e. The first kappa shape index (κ1) is 12.0. The van der Waals surface area contributed by atoms with Gasteiger partial charge in [0.2, 0.25) is 0 Å². The third kappa shape index (κ3) is 4.10. The predicted molar refractivity (Wildman–Crippen MR) is 56.5 cm³/mol. The van der Waals surface area contributed by atoms with Crippen LogP contribution in [0.2, 0.25) is 0 Å². The molecule has 0 saturated carbocycles. The topological polar surface area (TPSA) is 3.24 Å². The van der Waals surface area contributed by atoms with Gasteiger partial charge in [0.25, 0.3) is 0 Å². The molecule has 1 aliphatic rings. The van der Waals surface area contributed by atoms with Crippen molar-refractivity contribution in [2.45, 2.75) is 53.5 Å². The van der Waals surface area contributed by atoms with Crippen LogP contribution < -0.4 is 0 Å². The molecule has 1 aliphatic heterocycles. The molecule has 0 spiro atoms. The molecule has 0 amide bonds. The molecule has 0 aromatic rings. The van der Waals surface area contributed by atoms with Crippen LogP contribution in [0.4, 0.5) is 0 Å². The zero-order valence-electron chi connectivity index (χ0n) is 9.43. The average molecular weight is 171 g/mol. The van der Waals surface area contributed by atoms with Crippen molar-refractivity contribution >= 4 is 0 Å². The molecule has 1 heteroatoms. The van der Waals surface area contributed by atoms with E-state index in [4.69, 9.17) is 0 Å².